The molecule has 0 aliphatic heterocycles. The second kappa shape index (κ2) is 8.50. The van der Waals surface area contributed by atoms with Crippen molar-refractivity contribution in [1.29, 1.82) is 0 Å². The lowest BCUT2D eigenvalue weighted by atomic mass is 9.96. The van der Waals surface area contributed by atoms with Crippen molar-refractivity contribution in [3.63, 3.8) is 0 Å². The zero-order chi connectivity index (χ0) is 17.4. The molecule has 2 aromatic rings. The number of hydrogen-bond donors (Lipinski definition) is 1. The van der Waals surface area contributed by atoms with Gasteiger partial charge < -0.3 is 9.57 Å². The molecule has 128 valence electrons. The van der Waals surface area contributed by atoms with Crippen LogP contribution in [0.2, 0.25) is 0 Å². The number of carbonyl (C=O) groups excluding carboxylic acids is 1. The van der Waals surface area contributed by atoms with Crippen LogP contribution in [0.5, 0.6) is 5.75 Å². The number of nitrogens with two attached hydrogens (primary N) is 1. The molecule has 2 rings (SSSR count). The summed E-state index contributed by atoms with van der Waals surface area (Å²) in [4.78, 5) is 15.8. The molecule has 0 aliphatic carbocycles. The Morgan fingerprint density at radius 2 is 1.67 bits per heavy atom. The third-order valence-electron chi connectivity index (χ3n) is 3.97. The number of carbonyl (C=O) groups is 1. The Morgan fingerprint density at radius 3 is 2.25 bits per heavy atom. The van der Waals surface area contributed by atoms with Crippen molar-refractivity contribution >= 4 is 5.97 Å². The van der Waals surface area contributed by atoms with Crippen LogP contribution in [-0.2, 0) is 16.1 Å². The van der Waals surface area contributed by atoms with Crippen LogP contribution in [0.25, 0.3) is 0 Å². The fourth-order valence-electron chi connectivity index (χ4n) is 2.84. The van der Waals surface area contributed by atoms with Crippen LogP contribution in [0.3, 0.4) is 0 Å². The average molecular weight is 327 g/mol. The van der Waals surface area contributed by atoms with Crippen LogP contribution in [-0.4, -0.2) is 11.6 Å². The molecule has 2 aromatic carbocycles. The third kappa shape index (κ3) is 5.39. The molecule has 1 atom stereocenters. The Balaban J connectivity index is 2.04. The molecular weight excluding hydrogens is 302 g/mol. The zero-order valence-corrected chi connectivity index (χ0v) is 14.3. The van der Waals surface area contributed by atoms with Crippen LogP contribution < -0.4 is 10.6 Å². The highest BCUT2D eigenvalue weighted by atomic mass is 16.7. The summed E-state index contributed by atoms with van der Waals surface area (Å²) in [6, 6.07) is 18.3. The summed E-state index contributed by atoms with van der Waals surface area (Å²) in [5.74, 6) is 5.23. The summed E-state index contributed by atoms with van der Waals surface area (Å²) < 4.78 is 6.06. The van der Waals surface area contributed by atoms with Crippen LogP contribution in [0.15, 0.2) is 54.6 Å². The minimum atomic E-state index is -0.619. The van der Waals surface area contributed by atoms with Crippen LogP contribution in [0.1, 0.15) is 44.2 Å². The first-order valence-electron chi connectivity index (χ1n) is 8.26. The van der Waals surface area contributed by atoms with Gasteiger partial charge >= 0.3 is 5.97 Å². The summed E-state index contributed by atoms with van der Waals surface area (Å²) >= 11 is 0. The van der Waals surface area contributed by atoms with Gasteiger partial charge in [-0.25, -0.2) is 0 Å². The smallest absolute Gasteiger partial charge is 0.328 e. The average Bonchev–Trinajstić information content (AvgIpc) is 2.57. The van der Waals surface area contributed by atoms with Gasteiger partial charge in [0.1, 0.15) is 11.4 Å². The SMILES string of the molecule is CCCC(C)(CC(=O)ON)Oc1ccc(Cc2ccccc2)cc1. The summed E-state index contributed by atoms with van der Waals surface area (Å²) in [5, 5.41) is 0. The number of rotatable bonds is 8. The highest BCUT2D eigenvalue weighted by molar-refractivity contribution is 5.70. The molecule has 4 heteroatoms. The minimum absolute atomic E-state index is 0.128. The predicted molar refractivity (Wildman–Crippen MR) is 94.5 cm³/mol. The van der Waals surface area contributed by atoms with Gasteiger partial charge in [-0.1, -0.05) is 55.8 Å². The molecular formula is C20H25NO3. The lowest BCUT2D eigenvalue weighted by molar-refractivity contribution is -0.148. The normalized spacial score (nSPS) is 13.1. The molecule has 0 fully saturated rings. The van der Waals surface area contributed by atoms with Crippen molar-refractivity contribution in [2.75, 3.05) is 0 Å². The van der Waals surface area contributed by atoms with Crippen molar-refractivity contribution in [1.82, 2.24) is 0 Å². The topological polar surface area (TPSA) is 61.5 Å². The first-order chi connectivity index (χ1) is 11.5. The summed E-state index contributed by atoms with van der Waals surface area (Å²) in [7, 11) is 0. The molecule has 0 spiro atoms. The Labute approximate surface area is 143 Å². The maximum Gasteiger partial charge on any atom is 0.328 e. The van der Waals surface area contributed by atoms with Crippen LogP contribution in [0, 0.1) is 0 Å². The van der Waals surface area contributed by atoms with Gasteiger partial charge in [-0.3, -0.25) is 4.79 Å². The van der Waals surface area contributed by atoms with Gasteiger partial charge in [-0.2, -0.15) is 5.90 Å². The molecule has 0 saturated carbocycles. The van der Waals surface area contributed by atoms with E-state index in [9.17, 15) is 4.79 Å². The van der Waals surface area contributed by atoms with E-state index >= 15 is 0 Å². The second-order valence-corrected chi connectivity index (χ2v) is 6.27. The molecule has 0 radical (unpaired) electrons. The van der Waals surface area contributed by atoms with Crippen molar-refractivity contribution in [3.8, 4) is 5.75 Å². The molecule has 24 heavy (non-hydrogen) atoms. The molecule has 2 N–H and O–H groups in total. The van der Waals surface area contributed by atoms with E-state index < -0.39 is 11.6 Å². The maximum atomic E-state index is 11.5. The van der Waals surface area contributed by atoms with Gasteiger partial charge in [0, 0.05) is 0 Å². The van der Waals surface area contributed by atoms with Crippen molar-refractivity contribution in [2.24, 2.45) is 5.90 Å². The van der Waals surface area contributed by atoms with Gasteiger partial charge in [-0.05, 0) is 43.0 Å². The van der Waals surface area contributed by atoms with Crippen molar-refractivity contribution in [3.05, 3.63) is 65.7 Å². The van der Waals surface area contributed by atoms with E-state index in [2.05, 4.69) is 36.0 Å². The van der Waals surface area contributed by atoms with E-state index in [-0.39, 0.29) is 6.42 Å². The first kappa shape index (κ1) is 18.0. The van der Waals surface area contributed by atoms with E-state index in [4.69, 9.17) is 10.6 Å². The first-order valence-corrected chi connectivity index (χ1v) is 8.26. The van der Waals surface area contributed by atoms with E-state index in [0.717, 1.165) is 25.0 Å². The molecule has 0 heterocycles. The van der Waals surface area contributed by atoms with Crippen molar-refractivity contribution in [2.45, 2.75) is 45.1 Å². The van der Waals surface area contributed by atoms with Gasteiger partial charge in [0.2, 0.25) is 0 Å². The minimum Gasteiger partial charge on any atom is -0.487 e. The van der Waals surface area contributed by atoms with E-state index in [1.54, 1.807) is 0 Å². The van der Waals surface area contributed by atoms with Crippen molar-refractivity contribution < 1.29 is 14.4 Å². The van der Waals surface area contributed by atoms with E-state index in [1.165, 1.54) is 11.1 Å². The van der Waals surface area contributed by atoms with Gasteiger partial charge in [-0.15, -0.1) is 0 Å². The van der Waals surface area contributed by atoms with Crippen LogP contribution >= 0.6 is 0 Å². The summed E-state index contributed by atoms with van der Waals surface area (Å²) in [5.41, 5.74) is 1.87. The van der Waals surface area contributed by atoms with E-state index in [0.29, 0.717) is 0 Å². The molecule has 0 amide bonds. The fraction of sp³-hybridized carbons (Fsp3) is 0.350. The van der Waals surface area contributed by atoms with Gasteiger partial charge in [0.25, 0.3) is 0 Å². The van der Waals surface area contributed by atoms with Gasteiger partial charge in [0.05, 0.1) is 6.42 Å². The Hall–Kier alpha value is -2.33. The maximum absolute atomic E-state index is 11.5. The molecule has 0 aliphatic rings. The summed E-state index contributed by atoms with van der Waals surface area (Å²) in [6.07, 6.45) is 2.66. The zero-order valence-electron chi connectivity index (χ0n) is 14.3. The monoisotopic (exact) mass is 327 g/mol. The lowest BCUT2D eigenvalue weighted by Gasteiger charge is -2.29. The van der Waals surface area contributed by atoms with Gasteiger partial charge in [0.15, 0.2) is 0 Å². The largest absolute Gasteiger partial charge is 0.487 e. The second-order valence-electron chi connectivity index (χ2n) is 6.27. The Morgan fingerprint density at radius 1 is 1.04 bits per heavy atom. The number of hydrogen-bond acceptors (Lipinski definition) is 4. The third-order valence-corrected chi connectivity index (χ3v) is 3.97. The Kier molecular flexibility index (Phi) is 6.38. The number of ether oxygens (including phenoxy) is 1. The standard InChI is InChI=1S/C20H25NO3/c1-3-13-20(2,15-19(22)24-21)23-18-11-9-17(10-12-18)14-16-7-5-4-6-8-16/h4-12H,3,13-15,21H2,1-2H3. The van der Waals surface area contributed by atoms with E-state index in [1.807, 2.05) is 37.3 Å². The molecule has 0 aromatic heterocycles. The summed E-state index contributed by atoms with van der Waals surface area (Å²) in [6.45, 7) is 3.96. The molecule has 0 bridgehead atoms. The predicted octanol–water partition coefficient (Wildman–Crippen LogP) is 4.02. The van der Waals surface area contributed by atoms with Crippen LogP contribution in [0.4, 0.5) is 0 Å². The highest BCUT2D eigenvalue weighted by Crippen LogP contribution is 2.26. The lowest BCUT2D eigenvalue weighted by Crippen LogP contribution is -2.36. The Bertz CT molecular complexity index is 640. The quantitative estimate of drug-likeness (QED) is 0.744. The molecule has 4 nitrogen and oxygen atoms in total. The fourth-order valence-corrected chi connectivity index (χ4v) is 2.84. The molecule has 0 saturated heterocycles. The number of benzene rings is 2. The molecule has 1 unspecified atom stereocenters. The highest BCUT2D eigenvalue weighted by Gasteiger charge is 2.29.